The summed E-state index contributed by atoms with van der Waals surface area (Å²) in [4.78, 5) is 27.0. The summed E-state index contributed by atoms with van der Waals surface area (Å²) < 4.78 is 20.8. The first-order valence-electron chi connectivity index (χ1n) is 18.7. The van der Waals surface area contributed by atoms with Crippen LogP contribution in [0, 0.1) is 18.7 Å². The molecule has 1 amide bonds. The molecule has 4 aliphatic rings. The van der Waals surface area contributed by atoms with Crippen LogP contribution in [-0.4, -0.2) is 58.4 Å². The number of amidine groups is 1. The average molecular weight is 686 g/mol. The average Bonchev–Trinajstić information content (AvgIpc) is 3.09. The van der Waals surface area contributed by atoms with Gasteiger partial charge >= 0.3 is 0 Å². The Bertz CT molecular complexity index is 1570. The maximum absolute atomic E-state index is 14.7. The normalized spacial score (nSPS) is 22.1. The van der Waals surface area contributed by atoms with Gasteiger partial charge in [-0.3, -0.25) is 4.79 Å². The van der Waals surface area contributed by atoms with Crippen molar-refractivity contribution in [2.75, 3.05) is 25.0 Å². The SMILES string of the molecule is CCC.CCC1CC(N2CCC(OCc3ccc(Nc4ncc5c(n4)CNCC5)cc3F)CC2)C1.Cc1ccc(C2CCC(N)=NC2=O)cc1. The summed E-state index contributed by atoms with van der Waals surface area (Å²) in [5, 5.41) is 6.44. The Labute approximate surface area is 297 Å². The predicted molar refractivity (Wildman–Crippen MR) is 199 cm³/mol. The van der Waals surface area contributed by atoms with Crippen LogP contribution in [-0.2, 0) is 29.1 Å². The molecule has 2 fully saturated rings. The van der Waals surface area contributed by atoms with Gasteiger partial charge in [-0.1, -0.05) is 69.5 Å². The highest BCUT2D eigenvalue weighted by Gasteiger charge is 2.34. The molecule has 9 nitrogen and oxygen atoms in total. The van der Waals surface area contributed by atoms with E-state index in [4.69, 9.17) is 10.5 Å². The minimum absolute atomic E-state index is 0.0992. The van der Waals surface area contributed by atoms with E-state index in [9.17, 15) is 9.18 Å². The molecule has 1 saturated heterocycles. The molecule has 1 aliphatic carbocycles. The number of aliphatic imine (C=N–C) groups is 1. The van der Waals surface area contributed by atoms with Gasteiger partial charge in [0.2, 0.25) is 5.95 Å². The lowest BCUT2D eigenvalue weighted by Crippen LogP contribution is -2.49. The number of amides is 1. The molecule has 3 aliphatic heterocycles. The molecular formula is C40H56FN7O2. The number of rotatable bonds is 8. The Kier molecular flexibility index (Phi) is 13.9. The number of nitrogens with one attached hydrogen (secondary N) is 2. The van der Waals surface area contributed by atoms with Crippen molar-refractivity contribution in [3.63, 3.8) is 0 Å². The van der Waals surface area contributed by atoms with E-state index in [1.54, 1.807) is 6.07 Å². The summed E-state index contributed by atoms with van der Waals surface area (Å²) in [6, 6.07) is 14.0. The second-order valence-corrected chi connectivity index (χ2v) is 14.1. The number of piperidine rings is 1. The van der Waals surface area contributed by atoms with Crippen molar-refractivity contribution in [2.24, 2.45) is 16.6 Å². The number of hydrogen-bond donors (Lipinski definition) is 3. The first-order chi connectivity index (χ1) is 24.3. The van der Waals surface area contributed by atoms with Crippen LogP contribution in [0.5, 0.6) is 0 Å². The first kappa shape index (κ1) is 37.5. The smallest absolute Gasteiger partial charge is 0.254 e. The molecule has 0 radical (unpaired) electrons. The van der Waals surface area contributed by atoms with Gasteiger partial charge in [-0.25, -0.2) is 19.4 Å². The molecule has 0 bridgehead atoms. The largest absolute Gasteiger partial charge is 0.387 e. The molecule has 3 aromatic rings. The van der Waals surface area contributed by atoms with Gasteiger partial charge in [0.25, 0.3) is 5.91 Å². The second-order valence-electron chi connectivity index (χ2n) is 14.1. The van der Waals surface area contributed by atoms with Crippen molar-refractivity contribution in [1.82, 2.24) is 20.2 Å². The van der Waals surface area contributed by atoms with Crippen LogP contribution < -0.4 is 16.4 Å². The fraction of sp³-hybridized carbons (Fsp3) is 0.550. The predicted octanol–water partition coefficient (Wildman–Crippen LogP) is 7.35. The van der Waals surface area contributed by atoms with Gasteiger partial charge in [0.15, 0.2) is 0 Å². The van der Waals surface area contributed by atoms with Crippen molar-refractivity contribution in [2.45, 2.75) is 117 Å². The molecule has 4 heterocycles. The lowest BCUT2D eigenvalue weighted by Gasteiger charge is -2.45. The van der Waals surface area contributed by atoms with E-state index in [-0.39, 0.29) is 23.7 Å². The summed E-state index contributed by atoms with van der Waals surface area (Å²) in [6.07, 6.45) is 11.9. The highest BCUT2D eigenvalue weighted by atomic mass is 19.1. The summed E-state index contributed by atoms with van der Waals surface area (Å²) in [6.45, 7) is 12.8. The molecule has 2 aromatic carbocycles. The topological polar surface area (TPSA) is 118 Å². The monoisotopic (exact) mass is 685 g/mol. The number of carbonyl (C=O) groups is 1. The maximum Gasteiger partial charge on any atom is 0.254 e. The fourth-order valence-corrected chi connectivity index (χ4v) is 6.91. The Morgan fingerprint density at radius 3 is 2.46 bits per heavy atom. The Balaban J connectivity index is 0.000000225. The number of aryl methyl sites for hydroxylation is 1. The highest BCUT2D eigenvalue weighted by Crippen LogP contribution is 2.35. The maximum atomic E-state index is 14.7. The standard InChI is InChI=1S/C25H34FN5O.C12H14N2O.C3H8/c1-2-17-11-21(12-17)31-9-6-22(7-10-31)32-16-19-3-4-20(13-23(19)26)29-25-28-14-18-5-8-27-15-24(18)30-25;1-8-2-4-9(5-3-8)10-6-7-11(13)14-12(10)15;1-3-2/h3-4,13-14,17,21-22,27H,2,5-12,15-16H2,1H3,(H,28,29,30);2-5,10H,6-7H2,1H3,(H2,13,14,15);3H2,1-2H3. The Morgan fingerprint density at radius 1 is 1.04 bits per heavy atom. The van der Waals surface area contributed by atoms with Crippen LogP contribution in [0.25, 0.3) is 0 Å². The van der Waals surface area contributed by atoms with Gasteiger partial charge in [-0.15, -0.1) is 0 Å². The number of hydrogen-bond acceptors (Lipinski definition) is 8. The van der Waals surface area contributed by atoms with Crippen LogP contribution in [0.1, 0.15) is 106 Å². The second kappa shape index (κ2) is 18.5. The number of aromatic nitrogens is 2. The van der Waals surface area contributed by atoms with Crippen LogP contribution in [0.2, 0.25) is 0 Å². The number of fused-ring (bicyclic) bond motifs is 1. The van der Waals surface area contributed by atoms with Gasteiger partial charge < -0.3 is 26.0 Å². The van der Waals surface area contributed by atoms with Crippen molar-refractivity contribution in [3.8, 4) is 0 Å². The summed E-state index contributed by atoms with van der Waals surface area (Å²) in [7, 11) is 0. The number of benzene rings is 2. The van der Waals surface area contributed by atoms with Crippen molar-refractivity contribution in [1.29, 1.82) is 0 Å². The van der Waals surface area contributed by atoms with E-state index in [2.05, 4.69) is 51.3 Å². The molecule has 1 aromatic heterocycles. The Morgan fingerprint density at radius 2 is 1.78 bits per heavy atom. The van der Waals surface area contributed by atoms with Crippen molar-refractivity contribution >= 4 is 23.4 Å². The zero-order valence-electron chi connectivity index (χ0n) is 30.4. The third kappa shape index (κ3) is 10.4. The van der Waals surface area contributed by atoms with Gasteiger partial charge in [0.1, 0.15) is 11.7 Å². The molecule has 1 saturated carbocycles. The molecule has 10 heteroatoms. The highest BCUT2D eigenvalue weighted by molar-refractivity contribution is 5.99. The lowest BCUT2D eigenvalue weighted by molar-refractivity contribution is -0.119. The quantitative estimate of drug-likeness (QED) is 0.225. The van der Waals surface area contributed by atoms with Crippen LogP contribution in [0.3, 0.4) is 0 Å². The van der Waals surface area contributed by atoms with E-state index in [0.717, 1.165) is 75.1 Å². The molecule has 50 heavy (non-hydrogen) atoms. The fourth-order valence-electron chi connectivity index (χ4n) is 6.91. The summed E-state index contributed by atoms with van der Waals surface area (Å²) >= 11 is 0. The van der Waals surface area contributed by atoms with E-state index in [0.29, 0.717) is 36.1 Å². The Hall–Kier alpha value is -3.73. The van der Waals surface area contributed by atoms with Crippen LogP contribution in [0.4, 0.5) is 16.0 Å². The van der Waals surface area contributed by atoms with E-state index >= 15 is 0 Å². The zero-order valence-corrected chi connectivity index (χ0v) is 30.4. The molecule has 1 unspecified atom stereocenters. The number of ether oxygens (including phenoxy) is 1. The van der Waals surface area contributed by atoms with Crippen molar-refractivity contribution < 1.29 is 13.9 Å². The van der Waals surface area contributed by atoms with Gasteiger partial charge in [-0.2, -0.15) is 0 Å². The summed E-state index contributed by atoms with van der Waals surface area (Å²) in [5.41, 5.74) is 11.2. The first-order valence-corrected chi connectivity index (χ1v) is 18.7. The minimum atomic E-state index is -0.257. The zero-order chi connectivity index (χ0) is 35.5. The van der Waals surface area contributed by atoms with E-state index in [1.165, 1.54) is 42.9 Å². The molecule has 7 rings (SSSR count). The number of halogens is 1. The minimum Gasteiger partial charge on any atom is -0.387 e. The number of nitrogens with two attached hydrogens (primary N) is 1. The molecular weight excluding hydrogens is 629 g/mol. The lowest BCUT2D eigenvalue weighted by atomic mass is 9.77. The summed E-state index contributed by atoms with van der Waals surface area (Å²) in [5.74, 6) is 1.43. The molecule has 0 spiro atoms. The van der Waals surface area contributed by atoms with Gasteiger partial charge in [0.05, 0.1) is 24.3 Å². The van der Waals surface area contributed by atoms with E-state index < -0.39 is 0 Å². The van der Waals surface area contributed by atoms with Gasteiger partial charge in [0, 0.05) is 49.5 Å². The number of anilines is 2. The molecule has 4 N–H and O–H groups in total. The third-order valence-electron chi connectivity index (χ3n) is 10.1. The number of likely N-dealkylation sites (tertiary alicyclic amines) is 1. The number of nitrogens with zero attached hydrogens (tertiary/aromatic N) is 4. The van der Waals surface area contributed by atoms with E-state index in [1.807, 2.05) is 43.5 Å². The van der Waals surface area contributed by atoms with Crippen molar-refractivity contribution in [3.05, 3.63) is 82.4 Å². The van der Waals surface area contributed by atoms with Crippen LogP contribution in [0.15, 0.2) is 53.7 Å². The van der Waals surface area contributed by atoms with Gasteiger partial charge in [-0.05, 0) is 81.2 Å². The molecule has 1 atom stereocenters. The number of carbonyl (C=O) groups excluding carboxylic acids is 1. The molecule has 270 valence electrons. The van der Waals surface area contributed by atoms with Crippen LogP contribution >= 0.6 is 0 Å². The third-order valence-corrected chi connectivity index (χ3v) is 10.1.